The molecule has 4 nitrogen and oxygen atoms in total. The van der Waals surface area contributed by atoms with Crippen LogP contribution in [0.15, 0.2) is 97.1 Å². The van der Waals surface area contributed by atoms with E-state index in [1.807, 2.05) is 0 Å². The minimum absolute atomic E-state index is 0.0648. The topological polar surface area (TPSA) is 66.4 Å². The largest absolute Gasteiger partial charge is 0.550 e. The Labute approximate surface area is 259 Å². The molecule has 2 atom stereocenters. The number of benzene rings is 4. The second-order valence-electron chi connectivity index (χ2n) is 12.2. The van der Waals surface area contributed by atoms with Crippen molar-refractivity contribution in [3.8, 4) is 0 Å². The lowest BCUT2D eigenvalue weighted by Crippen LogP contribution is -2.64. The first kappa shape index (κ1) is 30.1. The van der Waals surface area contributed by atoms with Gasteiger partial charge in [-0.1, -0.05) is 97.1 Å². The summed E-state index contributed by atoms with van der Waals surface area (Å²) in [6, 6.07) is 24.1. The van der Waals surface area contributed by atoms with Crippen molar-refractivity contribution in [1.82, 2.24) is 0 Å². The van der Waals surface area contributed by atoms with Crippen molar-refractivity contribution in [2.75, 3.05) is 0 Å². The fourth-order valence-corrected chi connectivity index (χ4v) is 9.03. The molecular weight excluding hydrogens is 610 g/mol. The van der Waals surface area contributed by atoms with Gasteiger partial charge in [-0.05, 0) is 50.9 Å². The van der Waals surface area contributed by atoms with Gasteiger partial charge in [0.2, 0.25) is 6.10 Å². The number of carbonyl (C=O) groups is 2. The molecule has 4 aromatic rings. The lowest BCUT2D eigenvalue weighted by Gasteiger charge is -2.63. The van der Waals surface area contributed by atoms with Crippen molar-refractivity contribution in [1.29, 1.82) is 0 Å². The van der Waals surface area contributed by atoms with E-state index in [9.17, 15) is 14.7 Å². The summed E-state index contributed by atoms with van der Waals surface area (Å²) in [6.07, 6.45) is -14.3. The molecular formula is C36H25F6O4-. The Hall–Kier alpha value is -4.60. The van der Waals surface area contributed by atoms with E-state index in [-0.39, 0.29) is 44.5 Å². The zero-order chi connectivity index (χ0) is 32.8. The van der Waals surface area contributed by atoms with E-state index < -0.39 is 65.4 Å². The van der Waals surface area contributed by atoms with Crippen molar-refractivity contribution in [2.24, 2.45) is 5.92 Å². The van der Waals surface area contributed by atoms with Crippen LogP contribution in [0.3, 0.4) is 0 Å². The normalized spacial score (nSPS) is 25.2. The highest BCUT2D eigenvalue weighted by Gasteiger charge is 2.72. The van der Waals surface area contributed by atoms with E-state index in [0.29, 0.717) is 0 Å². The number of ether oxygens (including phenoxy) is 1. The summed E-state index contributed by atoms with van der Waals surface area (Å²) >= 11 is 0. The minimum Gasteiger partial charge on any atom is -0.550 e. The molecule has 0 spiro atoms. The molecule has 6 aliphatic rings. The van der Waals surface area contributed by atoms with Gasteiger partial charge >= 0.3 is 18.3 Å². The third-order valence-electron chi connectivity index (χ3n) is 10.1. The quantitative estimate of drug-likeness (QED) is 0.182. The number of hydrogen-bond acceptors (Lipinski definition) is 4. The molecule has 6 aliphatic carbocycles. The maximum Gasteiger partial charge on any atom is 0.426 e. The summed E-state index contributed by atoms with van der Waals surface area (Å²) in [5.74, 6) is -8.23. The van der Waals surface area contributed by atoms with Crippen LogP contribution < -0.4 is 5.11 Å². The number of carboxylic acid groups (broad SMARTS) is 1. The van der Waals surface area contributed by atoms with Crippen LogP contribution in [0.25, 0.3) is 0 Å². The first-order valence-corrected chi connectivity index (χ1v) is 14.6. The van der Waals surface area contributed by atoms with Crippen LogP contribution in [0, 0.1) is 5.92 Å². The Morgan fingerprint density at radius 1 is 0.652 bits per heavy atom. The van der Waals surface area contributed by atoms with Gasteiger partial charge in [0.25, 0.3) is 0 Å². The van der Waals surface area contributed by atoms with Gasteiger partial charge in [-0.2, -0.15) is 26.3 Å². The van der Waals surface area contributed by atoms with E-state index >= 15 is 26.3 Å². The average Bonchev–Trinajstić information content (AvgIpc) is 2.99. The molecule has 0 aliphatic heterocycles. The maximum atomic E-state index is 15.6. The first-order valence-electron chi connectivity index (χ1n) is 14.6. The standard InChI is InChI=1S/C36H26F6O4/c1-19(43)46-32(36(40,41)42)34-26-16-8-4-12-22(26)30(23-13-5-9-17-27(23)34)33(28(18-29(44)45)35(37,38)39)24-14-6-2-10-20(24)31(34)21-11-3-7-15-25(21)33/h2-17,28,30-32H,18H2,1H3,(H,44,45)/p-1. The highest BCUT2D eigenvalue weighted by atomic mass is 19.4. The minimum atomic E-state index is -5.13. The van der Waals surface area contributed by atoms with Crippen molar-refractivity contribution >= 4 is 11.9 Å². The summed E-state index contributed by atoms with van der Waals surface area (Å²) in [7, 11) is 0. The number of hydrogen-bond donors (Lipinski definition) is 0. The fraction of sp³-hybridized carbons (Fsp3) is 0.278. The molecule has 0 N–H and O–H groups in total. The van der Waals surface area contributed by atoms with E-state index in [4.69, 9.17) is 4.74 Å². The van der Waals surface area contributed by atoms with Gasteiger partial charge in [0.05, 0.1) is 11.3 Å². The third kappa shape index (κ3) is 3.82. The summed E-state index contributed by atoms with van der Waals surface area (Å²) in [6.45, 7) is 0.892. The molecule has 10 heteroatoms. The number of halogens is 6. The van der Waals surface area contributed by atoms with E-state index in [1.165, 1.54) is 72.8 Å². The lowest BCUT2D eigenvalue weighted by molar-refractivity contribution is -0.312. The van der Waals surface area contributed by atoms with Crippen molar-refractivity contribution in [2.45, 2.75) is 54.5 Å². The van der Waals surface area contributed by atoms with Crippen LogP contribution in [0.1, 0.15) is 69.7 Å². The fourth-order valence-electron chi connectivity index (χ4n) is 9.03. The molecule has 0 heterocycles. The Bertz CT molecular complexity index is 1660. The number of carboxylic acids is 1. The van der Waals surface area contributed by atoms with Crippen LogP contribution in [-0.4, -0.2) is 30.4 Å². The Kier molecular flexibility index (Phi) is 6.50. The van der Waals surface area contributed by atoms with Gasteiger partial charge in [0.15, 0.2) is 0 Å². The number of aliphatic carboxylic acids is 1. The molecule has 10 rings (SSSR count). The van der Waals surface area contributed by atoms with Gasteiger partial charge in [-0.3, -0.25) is 4.79 Å². The molecule has 0 amide bonds. The van der Waals surface area contributed by atoms with Crippen LogP contribution in [0.4, 0.5) is 26.3 Å². The molecule has 0 fully saturated rings. The second-order valence-corrected chi connectivity index (χ2v) is 12.2. The number of esters is 1. The summed E-state index contributed by atoms with van der Waals surface area (Å²) in [5.41, 5.74) is -3.37. The number of rotatable bonds is 5. The van der Waals surface area contributed by atoms with Gasteiger partial charge in [-0.25, -0.2) is 0 Å². The van der Waals surface area contributed by atoms with Gasteiger partial charge in [-0.15, -0.1) is 0 Å². The number of carbonyl (C=O) groups excluding carboxylic acids is 2. The molecule has 236 valence electrons. The summed E-state index contributed by atoms with van der Waals surface area (Å²) in [4.78, 5) is 24.7. The predicted molar refractivity (Wildman–Crippen MR) is 152 cm³/mol. The molecule has 0 aromatic heterocycles. The SMILES string of the molecule is CC(=O)OC(C(F)(F)F)C12c3ccccc3C(c3ccccc31)C1(C(CC(=O)[O-])C(F)(F)F)c3ccccc3C2c2ccccc21. The monoisotopic (exact) mass is 635 g/mol. The third-order valence-corrected chi connectivity index (χ3v) is 10.1. The molecule has 2 unspecified atom stereocenters. The van der Waals surface area contributed by atoms with E-state index in [2.05, 4.69) is 0 Å². The zero-order valence-corrected chi connectivity index (χ0v) is 24.2. The molecule has 0 radical (unpaired) electrons. The van der Waals surface area contributed by atoms with Gasteiger partial charge < -0.3 is 14.6 Å². The van der Waals surface area contributed by atoms with Crippen LogP contribution in [-0.2, 0) is 25.2 Å². The highest BCUT2D eigenvalue weighted by molar-refractivity contribution is 5.76. The Morgan fingerprint density at radius 3 is 1.33 bits per heavy atom. The average molecular weight is 636 g/mol. The van der Waals surface area contributed by atoms with E-state index in [0.717, 1.165) is 6.92 Å². The summed E-state index contributed by atoms with van der Waals surface area (Å²) < 4.78 is 99.0. The first-order chi connectivity index (χ1) is 21.8. The van der Waals surface area contributed by atoms with Crippen molar-refractivity contribution in [3.63, 3.8) is 0 Å². The van der Waals surface area contributed by atoms with Crippen LogP contribution >= 0.6 is 0 Å². The maximum absolute atomic E-state index is 15.6. The van der Waals surface area contributed by atoms with Crippen molar-refractivity contribution in [3.05, 3.63) is 142 Å². The summed E-state index contributed by atoms with van der Waals surface area (Å²) in [5, 5.41) is 12.2. The predicted octanol–water partition coefficient (Wildman–Crippen LogP) is 6.68. The number of alkyl halides is 6. The molecule has 0 saturated heterocycles. The Morgan fingerprint density at radius 2 is 1.00 bits per heavy atom. The highest BCUT2D eigenvalue weighted by Crippen LogP contribution is 2.73. The Balaban J connectivity index is 1.79. The zero-order valence-electron chi connectivity index (χ0n) is 24.2. The molecule has 46 heavy (non-hydrogen) atoms. The lowest BCUT2D eigenvalue weighted by atomic mass is 9.39. The second kappa shape index (κ2) is 9.95. The van der Waals surface area contributed by atoms with Gasteiger partial charge in [0.1, 0.15) is 0 Å². The van der Waals surface area contributed by atoms with Crippen LogP contribution in [0.2, 0.25) is 0 Å². The van der Waals surface area contributed by atoms with Crippen LogP contribution in [0.5, 0.6) is 0 Å². The molecule has 4 bridgehead atoms. The smallest absolute Gasteiger partial charge is 0.426 e. The van der Waals surface area contributed by atoms with E-state index in [1.54, 1.807) is 24.3 Å². The van der Waals surface area contributed by atoms with Gasteiger partial charge in [0, 0.05) is 30.1 Å². The van der Waals surface area contributed by atoms with Crippen molar-refractivity contribution < 1.29 is 45.8 Å². The molecule has 0 saturated carbocycles. The molecule has 4 aromatic carbocycles.